The number of aliphatic hydroxyl groups excluding tert-OH is 1. The standard InChI is InChI=1S/C15H16FNO2/c16-14-6-1-2-7-15(14)19-13-5-3-4-11(9-13)8-12(17)10-18/h1-7,9,12,18H,8,10,17H2. The highest BCUT2D eigenvalue weighted by Crippen LogP contribution is 2.24. The van der Waals surface area contributed by atoms with Gasteiger partial charge in [-0.1, -0.05) is 24.3 Å². The molecule has 0 heterocycles. The molecule has 0 radical (unpaired) electrons. The molecule has 2 rings (SSSR count). The number of rotatable bonds is 5. The Morgan fingerprint density at radius 1 is 1.16 bits per heavy atom. The number of halogens is 1. The smallest absolute Gasteiger partial charge is 0.165 e. The van der Waals surface area contributed by atoms with Crippen LogP contribution in [0.3, 0.4) is 0 Å². The second-order valence-corrected chi connectivity index (χ2v) is 4.33. The fraction of sp³-hybridized carbons (Fsp3) is 0.200. The molecule has 1 atom stereocenters. The van der Waals surface area contributed by atoms with E-state index < -0.39 is 5.82 Å². The van der Waals surface area contributed by atoms with E-state index in [0.29, 0.717) is 12.2 Å². The average molecular weight is 261 g/mol. The first kappa shape index (κ1) is 13.5. The molecule has 3 N–H and O–H groups in total. The van der Waals surface area contributed by atoms with E-state index in [0.717, 1.165) is 5.56 Å². The molecule has 0 amide bonds. The second-order valence-electron chi connectivity index (χ2n) is 4.33. The lowest BCUT2D eigenvalue weighted by Gasteiger charge is -2.10. The number of hydrogen-bond donors (Lipinski definition) is 2. The molecule has 100 valence electrons. The molecule has 3 nitrogen and oxygen atoms in total. The maximum atomic E-state index is 13.5. The summed E-state index contributed by atoms with van der Waals surface area (Å²) in [5.74, 6) is 0.332. The predicted molar refractivity (Wildman–Crippen MR) is 71.7 cm³/mol. The minimum absolute atomic E-state index is 0.0710. The predicted octanol–water partition coefficient (Wildman–Crippen LogP) is 2.48. The summed E-state index contributed by atoms with van der Waals surface area (Å²) in [6.45, 7) is -0.0710. The molecule has 2 aromatic carbocycles. The van der Waals surface area contributed by atoms with Crippen LogP contribution in [0.1, 0.15) is 5.56 Å². The summed E-state index contributed by atoms with van der Waals surface area (Å²) in [6.07, 6.45) is 0.547. The van der Waals surface area contributed by atoms with E-state index in [1.165, 1.54) is 6.07 Å². The summed E-state index contributed by atoms with van der Waals surface area (Å²) in [4.78, 5) is 0. The first-order chi connectivity index (χ1) is 9.19. The van der Waals surface area contributed by atoms with Crippen LogP contribution < -0.4 is 10.5 Å². The van der Waals surface area contributed by atoms with Crippen molar-refractivity contribution in [1.29, 1.82) is 0 Å². The molecule has 0 bridgehead atoms. The Balaban J connectivity index is 2.13. The van der Waals surface area contributed by atoms with Gasteiger partial charge in [0.25, 0.3) is 0 Å². The third-order valence-corrected chi connectivity index (χ3v) is 2.70. The number of nitrogens with two attached hydrogens (primary N) is 1. The maximum Gasteiger partial charge on any atom is 0.165 e. The van der Waals surface area contributed by atoms with E-state index in [2.05, 4.69) is 0 Å². The lowest BCUT2D eigenvalue weighted by atomic mass is 10.1. The van der Waals surface area contributed by atoms with Crippen LogP contribution in [0.15, 0.2) is 48.5 Å². The fourth-order valence-corrected chi connectivity index (χ4v) is 1.76. The first-order valence-corrected chi connectivity index (χ1v) is 6.07. The largest absolute Gasteiger partial charge is 0.454 e. The SMILES string of the molecule is NC(CO)Cc1cccc(Oc2ccccc2F)c1. The van der Waals surface area contributed by atoms with Crippen molar-refractivity contribution in [2.24, 2.45) is 5.73 Å². The summed E-state index contributed by atoms with van der Waals surface area (Å²) in [7, 11) is 0. The van der Waals surface area contributed by atoms with Gasteiger partial charge in [-0.15, -0.1) is 0 Å². The van der Waals surface area contributed by atoms with Crippen molar-refractivity contribution in [2.75, 3.05) is 6.61 Å². The quantitative estimate of drug-likeness (QED) is 0.869. The van der Waals surface area contributed by atoms with Gasteiger partial charge in [0.1, 0.15) is 5.75 Å². The molecule has 0 saturated carbocycles. The zero-order valence-corrected chi connectivity index (χ0v) is 10.4. The van der Waals surface area contributed by atoms with E-state index in [-0.39, 0.29) is 18.4 Å². The minimum Gasteiger partial charge on any atom is -0.454 e. The molecule has 0 spiro atoms. The van der Waals surface area contributed by atoms with Crippen molar-refractivity contribution < 1.29 is 14.2 Å². The zero-order valence-electron chi connectivity index (χ0n) is 10.4. The number of hydrogen-bond acceptors (Lipinski definition) is 3. The fourth-order valence-electron chi connectivity index (χ4n) is 1.76. The van der Waals surface area contributed by atoms with Crippen LogP contribution in [0.25, 0.3) is 0 Å². The molecule has 0 aliphatic carbocycles. The van der Waals surface area contributed by atoms with Crippen LogP contribution in [0.5, 0.6) is 11.5 Å². The first-order valence-electron chi connectivity index (χ1n) is 6.07. The van der Waals surface area contributed by atoms with E-state index in [9.17, 15) is 4.39 Å². The van der Waals surface area contributed by atoms with Crippen LogP contribution >= 0.6 is 0 Å². The van der Waals surface area contributed by atoms with Gasteiger partial charge in [-0.3, -0.25) is 0 Å². The second kappa shape index (κ2) is 6.31. The van der Waals surface area contributed by atoms with E-state index in [1.807, 2.05) is 12.1 Å². The molecule has 0 aliphatic heterocycles. The van der Waals surface area contributed by atoms with Crippen LogP contribution in [0.4, 0.5) is 4.39 Å². The lowest BCUT2D eigenvalue weighted by molar-refractivity contribution is 0.265. The Morgan fingerprint density at radius 2 is 1.95 bits per heavy atom. The summed E-state index contributed by atoms with van der Waals surface area (Å²) < 4.78 is 18.9. The Labute approximate surface area is 111 Å². The number of aliphatic hydroxyl groups is 1. The van der Waals surface area contributed by atoms with Crippen LogP contribution in [-0.2, 0) is 6.42 Å². The van der Waals surface area contributed by atoms with Crippen molar-refractivity contribution in [3.63, 3.8) is 0 Å². The number of benzene rings is 2. The highest BCUT2D eigenvalue weighted by atomic mass is 19.1. The molecule has 0 fully saturated rings. The van der Waals surface area contributed by atoms with Gasteiger partial charge in [-0.25, -0.2) is 4.39 Å². The monoisotopic (exact) mass is 261 g/mol. The summed E-state index contributed by atoms with van der Waals surface area (Å²) in [5.41, 5.74) is 6.62. The molecular formula is C15H16FNO2. The zero-order chi connectivity index (χ0) is 13.7. The van der Waals surface area contributed by atoms with Crippen molar-refractivity contribution in [1.82, 2.24) is 0 Å². The summed E-state index contributed by atoms with van der Waals surface area (Å²) in [6, 6.07) is 13.2. The van der Waals surface area contributed by atoms with Crippen molar-refractivity contribution >= 4 is 0 Å². The highest BCUT2D eigenvalue weighted by molar-refractivity contribution is 5.34. The lowest BCUT2D eigenvalue weighted by Crippen LogP contribution is -2.26. The molecule has 0 aromatic heterocycles. The van der Waals surface area contributed by atoms with Gasteiger partial charge < -0.3 is 15.6 Å². The van der Waals surface area contributed by atoms with Gasteiger partial charge in [0.2, 0.25) is 0 Å². The summed E-state index contributed by atoms with van der Waals surface area (Å²) in [5, 5.41) is 8.93. The topological polar surface area (TPSA) is 55.5 Å². The summed E-state index contributed by atoms with van der Waals surface area (Å²) >= 11 is 0. The van der Waals surface area contributed by atoms with E-state index in [1.54, 1.807) is 30.3 Å². The maximum absolute atomic E-state index is 13.5. The van der Waals surface area contributed by atoms with Gasteiger partial charge in [0.05, 0.1) is 6.61 Å². The van der Waals surface area contributed by atoms with Crippen LogP contribution in [0.2, 0.25) is 0 Å². The molecule has 0 saturated heterocycles. The van der Waals surface area contributed by atoms with Crippen molar-refractivity contribution in [3.8, 4) is 11.5 Å². The van der Waals surface area contributed by atoms with Gasteiger partial charge in [0, 0.05) is 6.04 Å². The molecule has 0 aliphatic rings. The van der Waals surface area contributed by atoms with Gasteiger partial charge in [-0.05, 0) is 36.2 Å². The molecule has 1 unspecified atom stereocenters. The molecule has 4 heteroatoms. The minimum atomic E-state index is -0.403. The number of para-hydroxylation sites is 1. The Hall–Kier alpha value is -1.91. The Morgan fingerprint density at radius 3 is 2.68 bits per heavy atom. The third kappa shape index (κ3) is 3.77. The Kier molecular flexibility index (Phi) is 4.49. The van der Waals surface area contributed by atoms with E-state index >= 15 is 0 Å². The van der Waals surface area contributed by atoms with E-state index in [4.69, 9.17) is 15.6 Å². The third-order valence-electron chi connectivity index (χ3n) is 2.70. The average Bonchev–Trinajstić information content (AvgIpc) is 2.42. The molecule has 2 aromatic rings. The number of ether oxygens (including phenoxy) is 1. The van der Waals surface area contributed by atoms with Crippen LogP contribution in [-0.4, -0.2) is 17.8 Å². The van der Waals surface area contributed by atoms with Gasteiger partial charge >= 0.3 is 0 Å². The van der Waals surface area contributed by atoms with Gasteiger partial charge in [0.15, 0.2) is 11.6 Å². The Bertz CT molecular complexity index is 545. The molecule has 19 heavy (non-hydrogen) atoms. The molecular weight excluding hydrogens is 245 g/mol. The van der Waals surface area contributed by atoms with Crippen molar-refractivity contribution in [2.45, 2.75) is 12.5 Å². The van der Waals surface area contributed by atoms with Crippen LogP contribution in [0, 0.1) is 5.82 Å². The van der Waals surface area contributed by atoms with Gasteiger partial charge in [-0.2, -0.15) is 0 Å². The highest BCUT2D eigenvalue weighted by Gasteiger charge is 2.06. The normalized spacial score (nSPS) is 12.2. The van der Waals surface area contributed by atoms with Crippen molar-refractivity contribution in [3.05, 3.63) is 59.9 Å².